The minimum Gasteiger partial charge on any atom is -0.264 e. The maximum absolute atomic E-state index is 10.7. The average Bonchev–Trinajstić information content (AvgIpc) is 2.02. The van der Waals surface area contributed by atoms with E-state index in [4.69, 9.17) is 0 Å². The third-order valence-corrected chi connectivity index (χ3v) is 1.87. The molecule has 65 valence electrons. The minimum atomic E-state index is -3.11. The number of aromatic nitrogens is 1. The van der Waals surface area contributed by atoms with Crippen LogP contribution in [0.25, 0.3) is 0 Å². The molecular weight excluding hydrogens is 176 g/mol. The van der Waals surface area contributed by atoms with Crippen molar-refractivity contribution in [3.63, 3.8) is 0 Å². The highest BCUT2D eigenvalue weighted by Gasteiger charge is 1.99. The van der Waals surface area contributed by atoms with Crippen molar-refractivity contribution in [2.75, 3.05) is 6.26 Å². The lowest BCUT2D eigenvalue weighted by Gasteiger charge is -2.00. The summed E-state index contributed by atoms with van der Waals surface area (Å²) >= 11 is 0. The summed E-state index contributed by atoms with van der Waals surface area (Å²) in [5, 5.41) is 0. The lowest BCUT2D eigenvalue weighted by atomic mass is 10.3. The second-order valence-electron chi connectivity index (χ2n) is 2.39. The van der Waals surface area contributed by atoms with Gasteiger partial charge in [0.15, 0.2) is 0 Å². The molecule has 5 heteroatoms. The topological polar surface area (TPSA) is 59.1 Å². The lowest BCUT2D eigenvalue weighted by molar-refractivity contribution is 0.587. The molecule has 0 atom stereocenters. The van der Waals surface area contributed by atoms with Gasteiger partial charge < -0.3 is 0 Å². The summed E-state index contributed by atoms with van der Waals surface area (Å²) < 4.78 is 23.7. The fraction of sp³-hybridized carbons (Fsp3) is 0.286. The van der Waals surface area contributed by atoms with Gasteiger partial charge in [-0.15, -0.1) is 0 Å². The highest BCUT2D eigenvalue weighted by molar-refractivity contribution is 7.88. The Morgan fingerprint density at radius 1 is 1.67 bits per heavy atom. The summed E-state index contributed by atoms with van der Waals surface area (Å²) in [5.74, 6) is 0. The van der Waals surface area contributed by atoms with Crippen molar-refractivity contribution in [1.82, 2.24) is 9.71 Å². The van der Waals surface area contributed by atoms with Crippen molar-refractivity contribution in [3.8, 4) is 0 Å². The maximum atomic E-state index is 10.7. The third-order valence-electron chi connectivity index (χ3n) is 1.20. The Morgan fingerprint density at radius 3 is 2.92 bits per heavy atom. The van der Waals surface area contributed by atoms with Crippen LogP contribution < -0.4 is 4.72 Å². The van der Waals surface area contributed by atoms with Gasteiger partial charge in [0.2, 0.25) is 10.0 Å². The van der Waals surface area contributed by atoms with Crippen molar-refractivity contribution in [3.05, 3.63) is 30.1 Å². The normalized spacial score (nSPS) is 11.4. The van der Waals surface area contributed by atoms with Gasteiger partial charge >= 0.3 is 0 Å². The minimum absolute atomic E-state index is 0.267. The van der Waals surface area contributed by atoms with E-state index in [2.05, 4.69) is 15.8 Å². The van der Waals surface area contributed by atoms with Crippen LogP contribution in [0.1, 0.15) is 5.56 Å². The van der Waals surface area contributed by atoms with E-state index in [1.165, 1.54) is 6.20 Å². The van der Waals surface area contributed by atoms with Crippen LogP contribution in [-0.2, 0) is 16.6 Å². The van der Waals surface area contributed by atoms with E-state index < -0.39 is 10.0 Å². The average molecular weight is 185 g/mol. The van der Waals surface area contributed by atoms with E-state index in [0.717, 1.165) is 11.8 Å². The first-order valence-corrected chi connectivity index (χ1v) is 5.22. The first-order valence-electron chi connectivity index (χ1n) is 3.32. The largest absolute Gasteiger partial charge is 0.264 e. The van der Waals surface area contributed by atoms with Gasteiger partial charge in [0, 0.05) is 25.0 Å². The second kappa shape index (κ2) is 3.64. The number of rotatable bonds is 3. The van der Waals surface area contributed by atoms with Crippen LogP contribution in [0.3, 0.4) is 0 Å². The van der Waals surface area contributed by atoms with E-state index in [0.29, 0.717) is 0 Å². The maximum Gasteiger partial charge on any atom is 0.209 e. The van der Waals surface area contributed by atoms with E-state index in [9.17, 15) is 8.42 Å². The second-order valence-corrected chi connectivity index (χ2v) is 4.22. The number of nitrogens with zero attached hydrogens (tertiary/aromatic N) is 1. The first-order chi connectivity index (χ1) is 5.58. The fourth-order valence-corrected chi connectivity index (χ4v) is 1.10. The molecule has 0 saturated carbocycles. The van der Waals surface area contributed by atoms with E-state index >= 15 is 0 Å². The fourth-order valence-electron chi connectivity index (χ4n) is 0.669. The SMILES string of the molecule is CS(=O)(=O)NCc1c[c]cnc1. The van der Waals surface area contributed by atoms with Crippen LogP contribution in [0.15, 0.2) is 18.5 Å². The van der Waals surface area contributed by atoms with Crippen molar-refractivity contribution in [2.45, 2.75) is 6.54 Å². The molecule has 1 rings (SSSR count). The number of sulfonamides is 1. The highest BCUT2D eigenvalue weighted by Crippen LogP contribution is 1.94. The zero-order valence-electron chi connectivity index (χ0n) is 6.61. The summed E-state index contributed by atoms with van der Waals surface area (Å²) in [6.07, 6.45) is 4.23. The molecule has 0 aromatic carbocycles. The molecule has 0 spiro atoms. The molecule has 0 aliphatic rings. The van der Waals surface area contributed by atoms with Crippen molar-refractivity contribution >= 4 is 10.0 Å². The zero-order chi connectivity index (χ0) is 9.03. The molecule has 1 N–H and O–H groups in total. The van der Waals surface area contributed by atoms with Crippen LogP contribution in [0.4, 0.5) is 0 Å². The van der Waals surface area contributed by atoms with Gasteiger partial charge in [0.1, 0.15) is 0 Å². The number of pyridine rings is 1. The van der Waals surface area contributed by atoms with E-state index in [1.54, 1.807) is 12.3 Å². The number of hydrogen-bond donors (Lipinski definition) is 1. The van der Waals surface area contributed by atoms with Crippen LogP contribution in [0.5, 0.6) is 0 Å². The van der Waals surface area contributed by atoms with Crippen molar-refractivity contribution in [2.24, 2.45) is 0 Å². The predicted molar refractivity (Wildman–Crippen MR) is 44.8 cm³/mol. The standard InChI is InChI=1S/C7H9N2O2S/c1-12(10,11)9-6-7-3-2-4-8-5-7/h3-5,9H,6H2,1H3. The van der Waals surface area contributed by atoms with Crippen LogP contribution >= 0.6 is 0 Å². The van der Waals surface area contributed by atoms with E-state index in [-0.39, 0.29) is 6.54 Å². The molecule has 1 aromatic rings. The lowest BCUT2D eigenvalue weighted by Crippen LogP contribution is -2.21. The van der Waals surface area contributed by atoms with Crippen molar-refractivity contribution in [1.29, 1.82) is 0 Å². The molecule has 0 aliphatic carbocycles. The quantitative estimate of drug-likeness (QED) is 0.717. The summed E-state index contributed by atoms with van der Waals surface area (Å²) in [5.41, 5.74) is 0.794. The number of nitrogens with one attached hydrogen (secondary N) is 1. The van der Waals surface area contributed by atoms with Gasteiger partial charge in [-0.1, -0.05) is 0 Å². The van der Waals surface area contributed by atoms with Gasteiger partial charge in [0.05, 0.1) is 6.26 Å². The smallest absolute Gasteiger partial charge is 0.209 e. The molecule has 0 aliphatic heterocycles. The van der Waals surface area contributed by atoms with Gasteiger partial charge in [-0.05, 0) is 11.6 Å². The van der Waals surface area contributed by atoms with Gasteiger partial charge in [-0.2, -0.15) is 0 Å². The molecule has 0 saturated heterocycles. The summed E-state index contributed by atoms with van der Waals surface area (Å²) in [7, 11) is -3.11. The van der Waals surface area contributed by atoms with Crippen LogP contribution in [-0.4, -0.2) is 19.7 Å². The molecule has 0 amide bonds. The molecule has 0 bridgehead atoms. The van der Waals surface area contributed by atoms with Gasteiger partial charge in [-0.25, -0.2) is 13.1 Å². The molecule has 12 heavy (non-hydrogen) atoms. The predicted octanol–water partition coefficient (Wildman–Crippen LogP) is -0.0690. The molecule has 1 heterocycles. The Bertz CT molecular complexity index is 334. The van der Waals surface area contributed by atoms with Gasteiger partial charge in [-0.3, -0.25) is 4.98 Å². The Hall–Kier alpha value is -0.940. The summed E-state index contributed by atoms with van der Waals surface area (Å²) in [6.45, 7) is 0.267. The zero-order valence-corrected chi connectivity index (χ0v) is 7.43. The molecule has 0 fully saturated rings. The Morgan fingerprint density at radius 2 is 2.42 bits per heavy atom. The molecular formula is C7H9N2O2S. The van der Waals surface area contributed by atoms with Crippen molar-refractivity contribution < 1.29 is 8.42 Å². The Labute approximate surface area is 71.7 Å². The summed E-state index contributed by atoms with van der Waals surface area (Å²) in [6, 6.07) is 4.44. The Kier molecular flexibility index (Phi) is 2.78. The molecule has 1 radical (unpaired) electrons. The van der Waals surface area contributed by atoms with Gasteiger partial charge in [0.25, 0.3) is 0 Å². The van der Waals surface area contributed by atoms with Crippen LogP contribution in [0, 0.1) is 6.07 Å². The molecule has 4 nitrogen and oxygen atoms in total. The number of hydrogen-bond acceptors (Lipinski definition) is 3. The third kappa shape index (κ3) is 3.45. The van der Waals surface area contributed by atoms with E-state index in [1.807, 2.05) is 0 Å². The summed E-state index contributed by atoms with van der Waals surface area (Å²) in [4.78, 5) is 3.79. The molecule has 0 unspecified atom stereocenters. The molecule has 1 aromatic heterocycles. The van der Waals surface area contributed by atoms with Crippen LogP contribution in [0.2, 0.25) is 0 Å². The monoisotopic (exact) mass is 185 g/mol. The first kappa shape index (κ1) is 9.15. The Balaban J connectivity index is 2.56. The highest BCUT2D eigenvalue weighted by atomic mass is 32.2.